The van der Waals surface area contributed by atoms with Crippen molar-refractivity contribution in [2.75, 3.05) is 10.6 Å². The van der Waals surface area contributed by atoms with E-state index >= 15 is 0 Å². The summed E-state index contributed by atoms with van der Waals surface area (Å²) >= 11 is 1.24. The third-order valence-electron chi connectivity index (χ3n) is 3.36. The summed E-state index contributed by atoms with van der Waals surface area (Å²) in [5, 5.41) is 13.4. The Hall–Kier alpha value is -3.06. The summed E-state index contributed by atoms with van der Waals surface area (Å²) in [5.41, 5.74) is 3.98. The second-order valence-electron chi connectivity index (χ2n) is 5.05. The molecule has 0 aliphatic rings. The van der Waals surface area contributed by atoms with E-state index in [2.05, 4.69) is 20.8 Å². The first-order chi connectivity index (χ1) is 11.6. The number of hydrogen-bond acceptors (Lipinski definition) is 5. The number of nitrogens with one attached hydrogen (secondary N) is 2. The van der Waals surface area contributed by atoms with Crippen molar-refractivity contribution in [3.05, 3.63) is 70.7 Å². The van der Waals surface area contributed by atoms with Gasteiger partial charge in [-0.05, 0) is 36.8 Å². The van der Waals surface area contributed by atoms with Crippen molar-refractivity contribution in [2.24, 2.45) is 0 Å². The maximum absolute atomic E-state index is 12.3. The lowest BCUT2D eigenvalue weighted by Gasteiger charge is -2.10. The van der Waals surface area contributed by atoms with Crippen molar-refractivity contribution < 1.29 is 9.59 Å². The molecular formula is C17H14N4O2S. The summed E-state index contributed by atoms with van der Waals surface area (Å²) in [6, 6.07) is 14.0. The summed E-state index contributed by atoms with van der Waals surface area (Å²) in [4.78, 5) is 24.5. The molecule has 0 bridgehead atoms. The second kappa shape index (κ2) is 7.01. The Morgan fingerprint density at radius 1 is 0.958 bits per heavy atom. The summed E-state index contributed by atoms with van der Waals surface area (Å²) in [5.74, 6) is -0.526. The van der Waals surface area contributed by atoms with Crippen LogP contribution in [-0.4, -0.2) is 22.0 Å². The number of nitrogens with zero attached hydrogens (tertiary/aromatic N) is 2. The van der Waals surface area contributed by atoms with Crippen LogP contribution in [0.25, 0.3) is 0 Å². The lowest BCUT2D eigenvalue weighted by molar-refractivity contribution is 0.101. The van der Waals surface area contributed by atoms with Crippen LogP contribution in [-0.2, 0) is 0 Å². The van der Waals surface area contributed by atoms with Crippen LogP contribution in [0.4, 0.5) is 10.8 Å². The van der Waals surface area contributed by atoms with E-state index < -0.39 is 0 Å². The van der Waals surface area contributed by atoms with Gasteiger partial charge in [-0.3, -0.25) is 14.9 Å². The van der Waals surface area contributed by atoms with Gasteiger partial charge in [0.25, 0.3) is 11.8 Å². The van der Waals surface area contributed by atoms with E-state index in [0.29, 0.717) is 21.9 Å². The van der Waals surface area contributed by atoms with Gasteiger partial charge in [-0.25, -0.2) is 0 Å². The van der Waals surface area contributed by atoms with E-state index in [1.54, 1.807) is 42.5 Å². The molecule has 2 amide bonds. The molecule has 0 aliphatic heterocycles. The first kappa shape index (κ1) is 15.8. The minimum absolute atomic E-state index is 0.222. The molecule has 0 radical (unpaired) electrons. The zero-order chi connectivity index (χ0) is 16.9. The third-order valence-corrected chi connectivity index (χ3v) is 3.97. The molecule has 1 heterocycles. The normalized spacial score (nSPS) is 10.2. The molecule has 120 valence electrons. The third kappa shape index (κ3) is 3.64. The number of aromatic nitrogens is 2. The number of anilines is 2. The van der Waals surface area contributed by atoms with Crippen molar-refractivity contribution in [3.63, 3.8) is 0 Å². The monoisotopic (exact) mass is 338 g/mol. The van der Waals surface area contributed by atoms with E-state index in [1.165, 1.54) is 16.8 Å². The number of benzene rings is 2. The minimum atomic E-state index is -0.304. The average molecular weight is 338 g/mol. The van der Waals surface area contributed by atoms with Gasteiger partial charge in [0.05, 0.1) is 0 Å². The summed E-state index contributed by atoms with van der Waals surface area (Å²) in [6.07, 6.45) is 0. The summed E-state index contributed by atoms with van der Waals surface area (Å²) in [6.45, 7) is 1.87. The molecule has 0 aliphatic carbocycles. The van der Waals surface area contributed by atoms with Gasteiger partial charge < -0.3 is 5.32 Å². The Morgan fingerprint density at radius 3 is 2.42 bits per heavy atom. The Labute approximate surface area is 142 Å². The molecule has 6 nitrogen and oxygen atoms in total. The van der Waals surface area contributed by atoms with E-state index in [0.717, 1.165) is 5.56 Å². The van der Waals surface area contributed by atoms with Crippen molar-refractivity contribution >= 4 is 34.0 Å². The lowest BCUT2D eigenvalue weighted by Crippen LogP contribution is -2.15. The van der Waals surface area contributed by atoms with Gasteiger partial charge in [0, 0.05) is 16.8 Å². The number of aryl methyl sites for hydroxylation is 1. The molecule has 2 aromatic carbocycles. The van der Waals surface area contributed by atoms with Crippen LogP contribution < -0.4 is 10.6 Å². The highest BCUT2D eigenvalue weighted by Crippen LogP contribution is 2.19. The van der Waals surface area contributed by atoms with Crippen molar-refractivity contribution in [3.8, 4) is 0 Å². The molecule has 0 atom stereocenters. The lowest BCUT2D eigenvalue weighted by atomic mass is 10.1. The van der Waals surface area contributed by atoms with Gasteiger partial charge in [-0.1, -0.05) is 35.6 Å². The number of carbonyl (C=O) groups is 2. The largest absolute Gasteiger partial charge is 0.322 e. The van der Waals surface area contributed by atoms with Gasteiger partial charge in [-0.15, -0.1) is 10.2 Å². The molecule has 24 heavy (non-hydrogen) atoms. The smallest absolute Gasteiger partial charge is 0.257 e. The topological polar surface area (TPSA) is 84.0 Å². The fourth-order valence-corrected chi connectivity index (χ4v) is 2.52. The maximum Gasteiger partial charge on any atom is 0.257 e. The average Bonchev–Trinajstić information content (AvgIpc) is 3.10. The standard InChI is InChI=1S/C17H14N4O2S/c1-11-7-8-13(16(23)20-17-21-18-10-24-17)9-14(11)19-15(22)12-5-3-2-4-6-12/h2-10H,1H3,(H,19,22)(H,20,21,23). The highest BCUT2D eigenvalue weighted by atomic mass is 32.1. The fourth-order valence-electron chi connectivity index (χ4n) is 2.08. The highest BCUT2D eigenvalue weighted by Gasteiger charge is 2.12. The van der Waals surface area contributed by atoms with Crippen LogP contribution in [0.5, 0.6) is 0 Å². The van der Waals surface area contributed by atoms with Gasteiger partial charge in [0.2, 0.25) is 5.13 Å². The van der Waals surface area contributed by atoms with Gasteiger partial charge in [0.15, 0.2) is 0 Å². The number of carbonyl (C=O) groups excluding carboxylic acids is 2. The molecule has 0 saturated heterocycles. The van der Waals surface area contributed by atoms with Crippen molar-refractivity contribution in [1.82, 2.24) is 10.2 Å². The van der Waals surface area contributed by atoms with Gasteiger partial charge >= 0.3 is 0 Å². The SMILES string of the molecule is Cc1ccc(C(=O)Nc2nncs2)cc1NC(=O)c1ccccc1. The zero-order valence-corrected chi connectivity index (χ0v) is 13.6. The number of hydrogen-bond donors (Lipinski definition) is 2. The molecule has 0 spiro atoms. The van der Waals surface area contributed by atoms with E-state index in [1.807, 2.05) is 13.0 Å². The Balaban J connectivity index is 1.79. The van der Waals surface area contributed by atoms with Crippen molar-refractivity contribution in [2.45, 2.75) is 6.92 Å². The first-order valence-electron chi connectivity index (χ1n) is 7.18. The van der Waals surface area contributed by atoms with Crippen LogP contribution in [0, 0.1) is 6.92 Å². The maximum atomic E-state index is 12.3. The van der Waals surface area contributed by atoms with Crippen LogP contribution in [0.3, 0.4) is 0 Å². The quantitative estimate of drug-likeness (QED) is 0.764. The van der Waals surface area contributed by atoms with Gasteiger partial charge in [0.1, 0.15) is 5.51 Å². The molecule has 3 aromatic rings. The first-order valence-corrected chi connectivity index (χ1v) is 8.06. The molecule has 7 heteroatoms. The second-order valence-corrected chi connectivity index (χ2v) is 5.88. The van der Waals surface area contributed by atoms with Crippen LogP contribution in [0.1, 0.15) is 26.3 Å². The molecular weight excluding hydrogens is 324 g/mol. The Morgan fingerprint density at radius 2 is 1.71 bits per heavy atom. The fraction of sp³-hybridized carbons (Fsp3) is 0.0588. The molecule has 1 aromatic heterocycles. The summed E-state index contributed by atoms with van der Waals surface area (Å²) in [7, 11) is 0. The van der Waals surface area contributed by atoms with Crippen LogP contribution >= 0.6 is 11.3 Å². The Kier molecular flexibility index (Phi) is 4.62. The zero-order valence-electron chi connectivity index (χ0n) is 12.8. The van der Waals surface area contributed by atoms with E-state index in [4.69, 9.17) is 0 Å². The summed E-state index contributed by atoms with van der Waals surface area (Å²) < 4.78 is 0. The molecule has 0 saturated carbocycles. The van der Waals surface area contributed by atoms with E-state index in [9.17, 15) is 9.59 Å². The van der Waals surface area contributed by atoms with Crippen LogP contribution in [0.15, 0.2) is 54.0 Å². The minimum Gasteiger partial charge on any atom is -0.322 e. The molecule has 3 rings (SSSR count). The predicted octanol–water partition coefficient (Wildman–Crippen LogP) is 3.35. The molecule has 0 unspecified atom stereocenters. The Bertz CT molecular complexity index is 864. The highest BCUT2D eigenvalue weighted by molar-refractivity contribution is 7.13. The van der Waals surface area contributed by atoms with Gasteiger partial charge in [-0.2, -0.15) is 0 Å². The molecule has 0 fully saturated rings. The van der Waals surface area contributed by atoms with Crippen molar-refractivity contribution in [1.29, 1.82) is 0 Å². The molecule has 2 N–H and O–H groups in total. The number of rotatable bonds is 4. The number of amides is 2. The van der Waals surface area contributed by atoms with Crippen LogP contribution in [0.2, 0.25) is 0 Å². The van der Waals surface area contributed by atoms with E-state index in [-0.39, 0.29) is 11.8 Å². The predicted molar refractivity (Wildman–Crippen MR) is 93.4 cm³/mol.